The second-order valence-electron chi connectivity index (χ2n) is 15.3. The van der Waals surface area contributed by atoms with E-state index in [-0.39, 0.29) is 22.3 Å². The second-order valence-corrected chi connectivity index (χ2v) is 15.3. The number of aryl methyl sites for hydroxylation is 2. The van der Waals surface area contributed by atoms with Crippen molar-refractivity contribution in [3.8, 4) is 56.9 Å². The smallest absolute Gasteiger partial charge is 0.309 e. The van der Waals surface area contributed by atoms with E-state index in [1.54, 1.807) is 12.1 Å². The Bertz CT molecular complexity index is 3480. The highest BCUT2D eigenvalue weighted by Gasteiger charge is 2.35. The number of nitriles is 2. The highest BCUT2D eigenvalue weighted by molar-refractivity contribution is 6.12. The summed E-state index contributed by atoms with van der Waals surface area (Å²) in [6.45, 7) is 4.10. The third-order valence-corrected chi connectivity index (χ3v) is 11.5. The highest BCUT2D eigenvalue weighted by atomic mass is 19.4. The van der Waals surface area contributed by atoms with E-state index in [0.29, 0.717) is 11.4 Å². The van der Waals surface area contributed by atoms with E-state index in [2.05, 4.69) is 55.5 Å². The van der Waals surface area contributed by atoms with E-state index in [9.17, 15) is 10.5 Å². The molecule has 0 spiro atoms. The van der Waals surface area contributed by atoms with E-state index >= 15 is 13.2 Å². The Morgan fingerprint density at radius 2 is 0.950 bits per heavy atom. The lowest BCUT2D eigenvalue weighted by atomic mass is 9.93. The van der Waals surface area contributed by atoms with Gasteiger partial charge in [-0.3, -0.25) is 0 Å². The first-order chi connectivity index (χ1) is 29.1. The van der Waals surface area contributed by atoms with Crippen LogP contribution in [-0.2, 0) is 6.18 Å². The third-order valence-electron chi connectivity index (χ3n) is 11.5. The van der Waals surface area contributed by atoms with E-state index in [4.69, 9.17) is 0 Å². The van der Waals surface area contributed by atoms with E-state index in [1.807, 2.05) is 113 Å². The van der Waals surface area contributed by atoms with Crippen LogP contribution < -0.4 is 0 Å². The molecule has 8 aromatic carbocycles. The molecule has 286 valence electrons. The molecule has 7 heteroatoms. The molecule has 2 aromatic heterocycles. The van der Waals surface area contributed by atoms with E-state index < -0.39 is 11.7 Å². The molecule has 0 bridgehead atoms. The summed E-state index contributed by atoms with van der Waals surface area (Å²) in [6.07, 6.45) is -4.80. The molecule has 0 aliphatic heterocycles. The molecular weight excluding hydrogens is 750 g/mol. The molecule has 0 unspecified atom stereocenters. The minimum Gasteiger partial charge on any atom is -0.309 e. The number of rotatable bonds is 5. The van der Waals surface area contributed by atoms with Gasteiger partial charge in [0.1, 0.15) is 6.07 Å². The number of benzene rings is 8. The molecule has 0 saturated heterocycles. The minimum absolute atomic E-state index is 0.103. The Hall–Kier alpha value is -7.87. The van der Waals surface area contributed by atoms with Crippen LogP contribution >= 0.6 is 0 Å². The molecule has 10 aromatic rings. The van der Waals surface area contributed by atoms with Gasteiger partial charge in [-0.25, -0.2) is 0 Å². The molecule has 60 heavy (non-hydrogen) atoms. The van der Waals surface area contributed by atoms with Gasteiger partial charge in [-0.15, -0.1) is 0 Å². The van der Waals surface area contributed by atoms with Crippen molar-refractivity contribution in [2.75, 3.05) is 0 Å². The van der Waals surface area contributed by atoms with E-state index in [1.165, 1.54) is 12.1 Å². The molecule has 0 radical (unpaired) electrons. The molecule has 0 aliphatic rings. The fourth-order valence-corrected chi connectivity index (χ4v) is 8.81. The van der Waals surface area contributed by atoms with Gasteiger partial charge >= 0.3 is 6.18 Å². The molecule has 0 aliphatic carbocycles. The van der Waals surface area contributed by atoms with Gasteiger partial charge in [0.25, 0.3) is 0 Å². The van der Waals surface area contributed by atoms with Gasteiger partial charge in [0.05, 0.1) is 56.2 Å². The molecule has 2 heterocycles. The van der Waals surface area contributed by atoms with Gasteiger partial charge in [0, 0.05) is 27.1 Å². The number of alkyl halides is 3. The lowest BCUT2D eigenvalue weighted by Gasteiger charge is -2.21. The van der Waals surface area contributed by atoms with Crippen LogP contribution in [0.15, 0.2) is 164 Å². The Balaban J connectivity index is 1.31. The normalized spacial score (nSPS) is 11.7. The largest absolute Gasteiger partial charge is 0.417 e. The van der Waals surface area contributed by atoms with Crippen molar-refractivity contribution in [2.24, 2.45) is 0 Å². The van der Waals surface area contributed by atoms with Crippen LogP contribution in [0.1, 0.15) is 27.8 Å². The Morgan fingerprint density at radius 3 is 1.47 bits per heavy atom. The number of fused-ring (bicyclic) bond motifs is 6. The third kappa shape index (κ3) is 5.91. The Morgan fingerprint density at radius 1 is 0.433 bits per heavy atom. The van der Waals surface area contributed by atoms with Crippen molar-refractivity contribution >= 4 is 43.6 Å². The maximum absolute atomic E-state index is 15.2. The maximum Gasteiger partial charge on any atom is 0.417 e. The van der Waals surface area contributed by atoms with Crippen LogP contribution in [-0.4, -0.2) is 9.13 Å². The molecule has 10 rings (SSSR count). The fourth-order valence-electron chi connectivity index (χ4n) is 8.81. The van der Waals surface area contributed by atoms with Gasteiger partial charge in [0.2, 0.25) is 0 Å². The number of halogens is 3. The zero-order chi connectivity index (χ0) is 41.3. The van der Waals surface area contributed by atoms with Gasteiger partial charge in [-0.2, -0.15) is 23.7 Å². The van der Waals surface area contributed by atoms with Crippen molar-refractivity contribution in [3.05, 3.63) is 192 Å². The first-order valence-electron chi connectivity index (χ1n) is 19.5. The van der Waals surface area contributed by atoms with Gasteiger partial charge in [0.15, 0.2) is 0 Å². The number of hydrogen-bond donors (Lipinski definition) is 0. The predicted molar refractivity (Wildman–Crippen MR) is 235 cm³/mol. The predicted octanol–water partition coefficient (Wildman–Crippen LogP) is 14.3. The maximum atomic E-state index is 15.2. The summed E-state index contributed by atoms with van der Waals surface area (Å²) in [7, 11) is 0. The van der Waals surface area contributed by atoms with Crippen LogP contribution in [0.4, 0.5) is 13.2 Å². The molecule has 0 saturated carbocycles. The minimum atomic E-state index is -4.80. The Kier molecular flexibility index (Phi) is 8.45. The van der Waals surface area contributed by atoms with Gasteiger partial charge in [-0.1, -0.05) is 114 Å². The van der Waals surface area contributed by atoms with Crippen LogP contribution in [0.2, 0.25) is 0 Å². The molecule has 0 N–H and O–H groups in total. The van der Waals surface area contributed by atoms with Crippen molar-refractivity contribution in [3.63, 3.8) is 0 Å². The lowest BCUT2D eigenvalue weighted by molar-refractivity contribution is -0.137. The summed E-state index contributed by atoms with van der Waals surface area (Å²) in [5.74, 6) is 0. The topological polar surface area (TPSA) is 57.4 Å². The quantitative estimate of drug-likeness (QED) is 0.175. The van der Waals surface area contributed by atoms with Gasteiger partial charge < -0.3 is 9.13 Å². The van der Waals surface area contributed by atoms with Crippen molar-refractivity contribution < 1.29 is 13.2 Å². The van der Waals surface area contributed by atoms with Crippen LogP contribution in [0, 0.1) is 36.5 Å². The summed E-state index contributed by atoms with van der Waals surface area (Å²) in [5.41, 5.74) is 9.80. The standard InChI is InChI=1S/C53H33F3N4/c1-32-9-7-11-35(23-32)37-18-21-49-43(26-37)41-13-3-5-15-47(41)59(49)51-29-45(40-20-17-34(30-57)25-46(40)53(54,55)56)52(28-39(51)31-58)60-48-16-6-4-14-42(48)44-27-38(19-22-50(44)60)36-12-8-10-33(2)24-36/h3-29H,1-2H3. The SMILES string of the molecule is Cc1cccc(-c2ccc3c(c2)c2ccccc2n3-c2cc(-c3ccc(C#N)cc3C(F)(F)F)c(-n3c4ccccc4c4cc(-c5cccc(C)c5)ccc43)cc2C#N)c1. The summed E-state index contributed by atoms with van der Waals surface area (Å²) in [4.78, 5) is 0. The zero-order valence-electron chi connectivity index (χ0n) is 32.5. The molecule has 0 amide bonds. The monoisotopic (exact) mass is 782 g/mol. The molecular formula is C53H33F3N4. The Labute approximate surface area is 343 Å². The molecule has 4 nitrogen and oxygen atoms in total. The van der Waals surface area contributed by atoms with Crippen molar-refractivity contribution in [2.45, 2.75) is 20.0 Å². The lowest BCUT2D eigenvalue weighted by Crippen LogP contribution is -2.10. The summed E-state index contributed by atoms with van der Waals surface area (Å²) >= 11 is 0. The summed E-state index contributed by atoms with van der Waals surface area (Å²) in [5, 5.41) is 24.5. The summed E-state index contributed by atoms with van der Waals surface area (Å²) < 4.78 is 49.6. The molecule has 0 atom stereocenters. The zero-order valence-corrected chi connectivity index (χ0v) is 32.5. The number of aromatic nitrogens is 2. The van der Waals surface area contributed by atoms with Crippen LogP contribution in [0.5, 0.6) is 0 Å². The number of hydrogen-bond acceptors (Lipinski definition) is 2. The first-order valence-corrected chi connectivity index (χ1v) is 19.5. The molecule has 0 fully saturated rings. The fraction of sp³-hybridized carbons (Fsp3) is 0.0566. The van der Waals surface area contributed by atoms with Crippen LogP contribution in [0.25, 0.3) is 88.4 Å². The van der Waals surface area contributed by atoms with Gasteiger partial charge in [-0.05, 0) is 102 Å². The van der Waals surface area contributed by atoms with Crippen LogP contribution in [0.3, 0.4) is 0 Å². The average molecular weight is 783 g/mol. The highest BCUT2D eigenvalue weighted by Crippen LogP contribution is 2.45. The first kappa shape index (κ1) is 36.5. The number of nitrogens with zero attached hydrogens (tertiary/aromatic N) is 4. The summed E-state index contributed by atoms with van der Waals surface area (Å²) in [6, 6.07) is 56.0. The average Bonchev–Trinajstić information content (AvgIpc) is 3.77. The second kappa shape index (κ2) is 13.9. The number of para-hydroxylation sites is 2. The van der Waals surface area contributed by atoms with E-state index in [0.717, 1.165) is 83.1 Å². The van der Waals surface area contributed by atoms with Crippen molar-refractivity contribution in [1.82, 2.24) is 9.13 Å². The van der Waals surface area contributed by atoms with Crippen molar-refractivity contribution in [1.29, 1.82) is 10.5 Å².